The smallest absolute Gasteiger partial charge is 0.255 e. The Morgan fingerprint density at radius 2 is 1.71 bits per heavy atom. The Kier molecular flexibility index (Phi) is 4.16. The predicted molar refractivity (Wildman–Crippen MR) is 91.5 cm³/mol. The van der Waals surface area contributed by atoms with E-state index in [1.54, 1.807) is 67.8 Å². The number of para-hydroxylation sites is 1. The summed E-state index contributed by atoms with van der Waals surface area (Å²) in [5.41, 5.74) is 2.42. The number of benzene rings is 2. The van der Waals surface area contributed by atoms with Gasteiger partial charge in [0.15, 0.2) is 5.78 Å². The van der Waals surface area contributed by atoms with Crippen LogP contribution in [0.15, 0.2) is 60.9 Å². The summed E-state index contributed by atoms with van der Waals surface area (Å²) in [6.07, 6.45) is 3.39. The number of aryl methyl sites for hydroxylation is 1. The molecule has 0 saturated carbocycles. The molecule has 3 rings (SSSR count). The van der Waals surface area contributed by atoms with Crippen LogP contribution in [0.4, 0.5) is 5.69 Å². The zero-order valence-electron chi connectivity index (χ0n) is 13.0. The number of anilines is 1. The van der Waals surface area contributed by atoms with Crippen LogP contribution in [0.3, 0.4) is 0 Å². The number of amides is 1. The summed E-state index contributed by atoms with van der Waals surface area (Å²) in [7, 11) is 0. The van der Waals surface area contributed by atoms with E-state index in [2.05, 4.69) is 10.3 Å². The highest BCUT2D eigenvalue weighted by molar-refractivity contribution is 6.11. The van der Waals surface area contributed by atoms with Gasteiger partial charge in [0.1, 0.15) is 5.75 Å². The van der Waals surface area contributed by atoms with Crippen LogP contribution in [0, 0.1) is 6.92 Å². The van der Waals surface area contributed by atoms with Gasteiger partial charge in [-0.15, -0.1) is 0 Å². The molecule has 3 N–H and O–H groups in total. The van der Waals surface area contributed by atoms with E-state index in [0.29, 0.717) is 22.4 Å². The molecule has 0 aliphatic carbocycles. The van der Waals surface area contributed by atoms with Gasteiger partial charge in [-0.05, 0) is 36.8 Å². The number of nitrogens with one attached hydrogen (secondary N) is 2. The van der Waals surface area contributed by atoms with Crippen LogP contribution in [-0.2, 0) is 0 Å². The van der Waals surface area contributed by atoms with Crippen LogP contribution >= 0.6 is 0 Å². The Morgan fingerprint density at radius 3 is 2.38 bits per heavy atom. The number of aromatic amines is 1. The van der Waals surface area contributed by atoms with Gasteiger partial charge in [0.25, 0.3) is 5.91 Å². The second kappa shape index (κ2) is 6.42. The van der Waals surface area contributed by atoms with Gasteiger partial charge in [0.05, 0.1) is 11.3 Å². The fraction of sp³-hybridized carbons (Fsp3) is 0.0526. The molecule has 120 valence electrons. The minimum absolute atomic E-state index is 0.0169. The van der Waals surface area contributed by atoms with Crippen molar-refractivity contribution < 1.29 is 14.7 Å². The molecule has 0 radical (unpaired) electrons. The van der Waals surface area contributed by atoms with Crippen LogP contribution in [0.1, 0.15) is 31.8 Å². The quantitative estimate of drug-likeness (QED) is 0.643. The van der Waals surface area contributed by atoms with Crippen molar-refractivity contribution in [3.05, 3.63) is 83.2 Å². The summed E-state index contributed by atoms with van der Waals surface area (Å²) < 4.78 is 0. The van der Waals surface area contributed by atoms with Crippen molar-refractivity contribution >= 4 is 17.4 Å². The van der Waals surface area contributed by atoms with Crippen LogP contribution in [0.25, 0.3) is 0 Å². The number of aromatic nitrogens is 1. The molecule has 0 saturated heterocycles. The van der Waals surface area contributed by atoms with E-state index in [-0.39, 0.29) is 23.0 Å². The van der Waals surface area contributed by atoms with E-state index < -0.39 is 0 Å². The van der Waals surface area contributed by atoms with Gasteiger partial charge in [-0.1, -0.05) is 24.3 Å². The number of aromatic hydroxyl groups is 1. The van der Waals surface area contributed by atoms with E-state index in [0.717, 1.165) is 0 Å². The first kappa shape index (κ1) is 15.6. The molecule has 5 nitrogen and oxygen atoms in total. The minimum atomic E-state index is -0.284. The van der Waals surface area contributed by atoms with Crippen LogP contribution < -0.4 is 5.32 Å². The predicted octanol–water partition coefficient (Wildman–Crippen LogP) is 3.51. The highest BCUT2D eigenvalue weighted by Gasteiger charge is 2.15. The van der Waals surface area contributed by atoms with E-state index in [4.69, 9.17) is 0 Å². The molecule has 0 unspecified atom stereocenters. The van der Waals surface area contributed by atoms with Gasteiger partial charge in [-0.25, -0.2) is 0 Å². The first-order chi connectivity index (χ1) is 11.6. The van der Waals surface area contributed by atoms with Gasteiger partial charge >= 0.3 is 0 Å². The molecule has 0 fully saturated rings. The van der Waals surface area contributed by atoms with Gasteiger partial charge in [0, 0.05) is 23.5 Å². The first-order valence-electron chi connectivity index (χ1n) is 7.44. The number of hydrogen-bond acceptors (Lipinski definition) is 3. The normalized spacial score (nSPS) is 10.4. The van der Waals surface area contributed by atoms with Crippen molar-refractivity contribution in [3.8, 4) is 5.75 Å². The van der Waals surface area contributed by atoms with Gasteiger partial charge < -0.3 is 15.4 Å². The van der Waals surface area contributed by atoms with Crippen molar-refractivity contribution in [2.45, 2.75) is 6.92 Å². The van der Waals surface area contributed by atoms with Crippen molar-refractivity contribution in [3.63, 3.8) is 0 Å². The third kappa shape index (κ3) is 3.05. The number of carbonyl (C=O) groups is 2. The monoisotopic (exact) mass is 320 g/mol. The molecule has 24 heavy (non-hydrogen) atoms. The van der Waals surface area contributed by atoms with Gasteiger partial charge in [-0.2, -0.15) is 0 Å². The number of ketones is 1. The summed E-state index contributed by atoms with van der Waals surface area (Å²) in [4.78, 5) is 27.5. The standard InChI is InChI=1S/C19H16N2O3/c1-12-3-2-4-16(17(12)22)18(23)13-5-7-14(8-6-13)19(24)21-15-9-10-20-11-15/h2-11,20,22H,1H3,(H,21,24). The maximum atomic E-state index is 12.5. The zero-order chi connectivity index (χ0) is 17.1. The Balaban J connectivity index is 1.80. The number of phenolic OH excluding ortho intramolecular Hbond substituents is 1. The third-order valence-electron chi connectivity index (χ3n) is 3.75. The summed E-state index contributed by atoms with van der Waals surface area (Å²) in [6.45, 7) is 1.74. The van der Waals surface area contributed by atoms with E-state index >= 15 is 0 Å². The molecule has 0 aliphatic rings. The Bertz CT molecular complexity index is 881. The van der Waals surface area contributed by atoms with E-state index in [9.17, 15) is 14.7 Å². The summed E-state index contributed by atoms with van der Waals surface area (Å²) >= 11 is 0. The van der Waals surface area contributed by atoms with Crippen LogP contribution in [0.5, 0.6) is 5.75 Å². The van der Waals surface area contributed by atoms with Crippen LogP contribution in [0.2, 0.25) is 0 Å². The number of hydrogen-bond donors (Lipinski definition) is 3. The lowest BCUT2D eigenvalue weighted by molar-refractivity contribution is 0.101. The summed E-state index contributed by atoms with van der Waals surface area (Å²) in [6, 6.07) is 13.1. The molecule has 2 aromatic carbocycles. The molecule has 0 atom stereocenters. The molecule has 0 bridgehead atoms. The Morgan fingerprint density at radius 1 is 1.00 bits per heavy atom. The molecule has 3 aromatic rings. The van der Waals surface area contributed by atoms with Crippen LogP contribution in [-0.4, -0.2) is 21.8 Å². The average molecular weight is 320 g/mol. The Labute approximate surface area is 139 Å². The van der Waals surface area contributed by atoms with E-state index in [1.807, 2.05) is 0 Å². The number of rotatable bonds is 4. The number of H-pyrrole nitrogens is 1. The number of phenols is 1. The highest BCUT2D eigenvalue weighted by Crippen LogP contribution is 2.24. The highest BCUT2D eigenvalue weighted by atomic mass is 16.3. The molecule has 5 heteroatoms. The van der Waals surface area contributed by atoms with Crippen molar-refractivity contribution in [1.82, 2.24) is 4.98 Å². The van der Waals surface area contributed by atoms with Crippen molar-refractivity contribution in [2.75, 3.05) is 5.32 Å². The average Bonchev–Trinajstić information content (AvgIpc) is 3.10. The molecule has 0 aliphatic heterocycles. The largest absolute Gasteiger partial charge is 0.507 e. The topological polar surface area (TPSA) is 82.2 Å². The maximum Gasteiger partial charge on any atom is 0.255 e. The molecule has 1 aromatic heterocycles. The fourth-order valence-electron chi connectivity index (χ4n) is 2.38. The minimum Gasteiger partial charge on any atom is -0.507 e. The lowest BCUT2D eigenvalue weighted by Gasteiger charge is -2.07. The second-order valence-corrected chi connectivity index (χ2v) is 5.43. The fourth-order valence-corrected chi connectivity index (χ4v) is 2.38. The molecule has 0 spiro atoms. The van der Waals surface area contributed by atoms with Gasteiger partial charge in [-0.3, -0.25) is 9.59 Å². The molecular formula is C19H16N2O3. The first-order valence-corrected chi connectivity index (χ1v) is 7.44. The lowest BCUT2D eigenvalue weighted by atomic mass is 9.99. The SMILES string of the molecule is Cc1cccc(C(=O)c2ccc(C(=O)Nc3cc[nH]c3)cc2)c1O. The summed E-state index contributed by atoms with van der Waals surface area (Å²) in [5, 5.41) is 12.8. The van der Waals surface area contributed by atoms with Crippen molar-refractivity contribution in [2.24, 2.45) is 0 Å². The van der Waals surface area contributed by atoms with Gasteiger partial charge in [0.2, 0.25) is 0 Å². The van der Waals surface area contributed by atoms with E-state index in [1.165, 1.54) is 0 Å². The second-order valence-electron chi connectivity index (χ2n) is 5.43. The zero-order valence-corrected chi connectivity index (χ0v) is 13.0. The molecule has 1 amide bonds. The lowest BCUT2D eigenvalue weighted by Crippen LogP contribution is -2.11. The molecule has 1 heterocycles. The summed E-state index contributed by atoms with van der Waals surface area (Å²) in [5.74, 6) is -0.558. The maximum absolute atomic E-state index is 12.5. The Hall–Kier alpha value is -3.34. The molecular weight excluding hydrogens is 304 g/mol. The van der Waals surface area contributed by atoms with Crippen molar-refractivity contribution in [1.29, 1.82) is 0 Å². The number of carbonyl (C=O) groups excluding carboxylic acids is 2. The third-order valence-corrected chi connectivity index (χ3v) is 3.75.